The summed E-state index contributed by atoms with van der Waals surface area (Å²) in [4.78, 5) is 13.6. The van der Waals surface area contributed by atoms with Crippen molar-refractivity contribution < 1.29 is 19.0 Å². The van der Waals surface area contributed by atoms with Crippen molar-refractivity contribution in [3.63, 3.8) is 0 Å². The first-order chi connectivity index (χ1) is 12.3. The smallest absolute Gasteiger partial charge is 0.338 e. The fraction of sp³-hybridized carbons (Fsp3) is 0.350. The van der Waals surface area contributed by atoms with E-state index >= 15 is 0 Å². The lowest BCUT2D eigenvalue weighted by atomic mass is 10.1. The molecule has 1 unspecified atom stereocenters. The van der Waals surface area contributed by atoms with Gasteiger partial charge in [0.25, 0.3) is 0 Å². The van der Waals surface area contributed by atoms with Gasteiger partial charge in [0.2, 0.25) is 6.79 Å². The van der Waals surface area contributed by atoms with Crippen molar-refractivity contribution >= 4 is 17.7 Å². The normalized spacial score (nSPS) is 13.5. The largest absolute Gasteiger partial charge is 0.459 e. The van der Waals surface area contributed by atoms with Gasteiger partial charge >= 0.3 is 5.97 Å². The van der Waals surface area contributed by atoms with Crippen LogP contribution in [0.2, 0.25) is 0 Å². The van der Waals surface area contributed by atoms with E-state index in [4.69, 9.17) is 14.2 Å². The number of esters is 1. The fourth-order valence-electron chi connectivity index (χ4n) is 2.61. The van der Waals surface area contributed by atoms with Crippen LogP contribution >= 0.6 is 11.8 Å². The first-order valence-electron chi connectivity index (χ1n) is 8.54. The van der Waals surface area contributed by atoms with E-state index in [-0.39, 0.29) is 18.9 Å². The topological polar surface area (TPSA) is 44.8 Å². The van der Waals surface area contributed by atoms with Gasteiger partial charge in [-0.15, -0.1) is 11.8 Å². The van der Waals surface area contributed by atoms with Gasteiger partial charge in [-0.25, -0.2) is 4.79 Å². The van der Waals surface area contributed by atoms with Crippen LogP contribution in [-0.2, 0) is 4.74 Å². The minimum atomic E-state index is -0.305. The zero-order chi connectivity index (χ0) is 17.5. The number of ether oxygens (including phenoxy) is 3. The molecule has 1 aliphatic heterocycles. The Morgan fingerprint density at radius 2 is 1.96 bits per heavy atom. The maximum atomic E-state index is 12.3. The predicted molar refractivity (Wildman–Crippen MR) is 98.5 cm³/mol. The van der Waals surface area contributed by atoms with Crippen LogP contribution in [0.15, 0.2) is 53.4 Å². The van der Waals surface area contributed by atoms with Crippen molar-refractivity contribution in [2.45, 2.75) is 37.2 Å². The first kappa shape index (κ1) is 17.7. The van der Waals surface area contributed by atoms with Crippen LogP contribution in [0.5, 0.6) is 11.5 Å². The zero-order valence-corrected chi connectivity index (χ0v) is 15.1. The van der Waals surface area contributed by atoms with Crippen molar-refractivity contribution in [1.82, 2.24) is 0 Å². The van der Waals surface area contributed by atoms with Gasteiger partial charge in [0.15, 0.2) is 11.5 Å². The fourth-order valence-corrected chi connectivity index (χ4v) is 3.50. The lowest BCUT2D eigenvalue weighted by molar-refractivity contribution is 0.0272. The molecule has 0 aliphatic carbocycles. The molecule has 0 fully saturated rings. The Kier molecular flexibility index (Phi) is 6.23. The van der Waals surface area contributed by atoms with Crippen LogP contribution in [0.25, 0.3) is 0 Å². The van der Waals surface area contributed by atoms with Crippen LogP contribution in [-0.4, -0.2) is 24.6 Å². The third-order valence-electron chi connectivity index (χ3n) is 4.02. The molecule has 0 saturated carbocycles. The summed E-state index contributed by atoms with van der Waals surface area (Å²) < 4.78 is 16.2. The second-order valence-electron chi connectivity index (χ2n) is 5.81. The van der Waals surface area contributed by atoms with E-state index in [1.54, 1.807) is 18.2 Å². The number of fused-ring (bicyclic) bond motifs is 1. The minimum Gasteiger partial charge on any atom is -0.459 e. The summed E-state index contributed by atoms with van der Waals surface area (Å²) in [6, 6.07) is 15.5. The molecule has 0 N–H and O–H groups in total. The molecule has 0 bridgehead atoms. The summed E-state index contributed by atoms with van der Waals surface area (Å²) in [6.07, 6.45) is 2.63. The van der Waals surface area contributed by atoms with Gasteiger partial charge in [-0.05, 0) is 55.3 Å². The molecule has 0 saturated heterocycles. The van der Waals surface area contributed by atoms with Crippen LogP contribution < -0.4 is 9.47 Å². The third-order valence-corrected chi connectivity index (χ3v) is 5.12. The minimum absolute atomic E-state index is 0.0608. The van der Waals surface area contributed by atoms with Gasteiger partial charge in [0.05, 0.1) is 5.56 Å². The maximum Gasteiger partial charge on any atom is 0.338 e. The Labute approximate surface area is 152 Å². The van der Waals surface area contributed by atoms with E-state index in [1.165, 1.54) is 4.90 Å². The van der Waals surface area contributed by atoms with Crippen molar-refractivity contribution in [3.8, 4) is 11.5 Å². The number of benzene rings is 2. The Morgan fingerprint density at radius 3 is 2.76 bits per heavy atom. The van der Waals surface area contributed by atoms with Crippen molar-refractivity contribution in [3.05, 3.63) is 54.1 Å². The Bertz CT molecular complexity index is 702. The molecular formula is C20H22O4S. The van der Waals surface area contributed by atoms with E-state index in [1.807, 2.05) is 36.9 Å². The number of hydrogen-bond acceptors (Lipinski definition) is 5. The summed E-state index contributed by atoms with van der Waals surface area (Å²) in [6.45, 7) is 2.24. The van der Waals surface area contributed by atoms with Crippen molar-refractivity contribution in [1.29, 1.82) is 0 Å². The standard InChI is InChI=1S/C20H22O4S/c1-2-16(7-6-12-25-17-8-4-3-5-9-17)24-20(21)15-10-11-18-19(13-15)23-14-22-18/h3-5,8-11,13,16H,2,6-7,12,14H2,1H3. The first-order valence-corrected chi connectivity index (χ1v) is 9.53. The molecule has 5 heteroatoms. The molecule has 0 spiro atoms. The molecule has 1 aliphatic rings. The molecule has 132 valence electrons. The summed E-state index contributed by atoms with van der Waals surface area (Å²) >= 11 is 1.83. The molecular weight excluding hydrogens is 336 g/mol. The second-order valence-corrected chi connectivity index (χ2v) is 6.98. The third kappa shape index (κ3) is 4.92. The van der Waals surface area contributed by atoms with Crippen molar-refractivity contribution in [2.24, 2.45) is 0 Å². The molecule has 0 radical (unpaired) electrons. The molecule has 25 heavy (non-hydrogen) atoms. The van der Waals surface area contributed by atoms with Gasteiger partial charge in [-0.3, -0.25) is 0 Å². The highest BCUT2D eigenvalue weighted by atomic mass is 32.2. The van der Waals surface area contributed by atoms with Gasteiger partial charge < -0.3 is 14.2 Å². The number of rotatable bonds is 8. The second kappa shape index (κ2) is 8.81. The highest BCUT2D eigenvalue weighted by Gasteiger charge is 2.19. The highest BCUT2D eigenvalue weighted by molar-refractivity contribution is 7.99. The molecule has 3 rings (SSSR count). The van der Waals surface area contributed by atoms with Crippen molar-refractivity contribution in [2.75, 3.05) is 12.5 Å². The van der Waals surface area contributed by atoms with E-state index < -0.39 is 0 Å². The number of thioether (sulfide) groups is 1. The number of hydrogen-bond donors (Lipinski definition) is 0. The quantitative estimate of drug-likeness (QED) is 0.381. The zero-order valence-electron chi connectivity index (χ0n) is 14.3. The van der Waals surface area contributed by atoms with Crippen LogP contribution in [0.4, 0.5) is 0 Å². The van der Waals surface area contributed by atoms with Crippen LogP contribution in [0, 0.1) is 0 Å². The number of carbonyl (C=O) groups excluding carboxylic acids is 1. The highest BCUT2D eigenvalue weighted by Crippen LogP contribution is 2.32. The van der Waals surface area contributed by atoms with Gasteiger partial charge in [-0.1, -0.05) is 25.1 Å². The molecule has 0 aromatic heterocycles. The Morgan fingerprint density at radius 1 is 1.16 bits per heavy atom. The van der Waals surface area contributed by atoms with Gasteiger partial charge in [0.1, 0.15) is 6.10 Å². The van der Waals surface area contributed by atoms with E-state index in [0.717, 1.165) is 25.0 Å². The van der Waals surface area contributed by atoms with Gasteiger partial charge in [0, 0.05) is 4.90 Å². The van der Waals surface area contributed by atoms with Gasteiger partial charge in [-0.2, -0.15) is 0 Å². The molecule has 1 heterocycles. The molecule has 4 nitrogen and oxygen atoms in total. The predicted octanol–water partition coefficient (Wildman–Crippen LogP) is 4.92. The summed E-state index contributed by atoms with van der Waals surface area (Å²) in [7, 11) is 0. The van der Waals surface area contributed by atoms with E-state index in [2.05, 4.69) is 12.1 Å². The molecule has 0 amide bonds. The Hall–Kier alpha value is -2.14. The van der Waals surface area contributed by atoms with E-state index in [9.17, 15) is 4.79 Å². The summed E-state index contributed by atoms with van der Waals surface area (Å²) in [5.74, 6) is 1.98. The average Bonchev–Trinajstić information content (AvgIpc) is 3.12. The number of carbonyl (C=O) groups is 1. The molecule has 1 atom stereocenters. The van der Waals surface area contributed by atoms with E-state index in [0.29, 0.717) is 17.1 Å². The Balaban J connectivity index is 1.45. The molecule has 2 aromatic rings. The summed E-state index contributed by atoms with van der Waals surface area (Å²) in [5, 5.41) is 0. The summed E-state index contributed by atoms with van der Waals surface area (Å²) in [5.41, 5.74) is 0.501. The lowest BCUT2D eigenvalue weighted by Crippen LogP contribution is -2.17. The SMILES string of the molecule is CCC(CCCSc1ccccc1)OC(=O)c1ccc2c(c1)OCO2. The average molecular weight is 358 g/mol. The van der Waals surface area contributed by atoms with Crippen LogP contribution in [0.1, 0.15) is 36.5 Å². The van der Waals surface area contributed by atoms with Crippen LogP contribution in [0.3, 0.4) is 0 Å². The lowest BCUT2D eigenvalue weighted by Gasteiger charge is -2.16. The monoisotopic (exact) mass is 358 g/mol. The maximum absolute atomic E-state index is 12.3. The molecule has 2 aromatic carbocycles.